The van der Waals surface area contributed by atoms with Crippen LogP contribution in [0.4, 0.5) is 5.69 Å². The highest BCUT2D eigenvalue weighted by Gasteiger charge is 2.31. The molecule has 180 valence electrons. The lowest BCUT2D eigenvalue weighted by atomic mass is 10.1. The molecule has 0 aliphatic rings. The van der Waals surface area contributed by atoms with E-state index >= 15 is 0 Å². The van der Waals surface area contributed by atoms with Crippen molar-refractivity contribution in [3.8, 4) is 0 Å². The van der Waals surface area contributed by atoms with E-state index in [-0.39, 0.29) is 12.5 Å². The number of carbonyl (C=O) groups excluding carboxylic acids is 2. The third-order valence-electron chi connectivity index (χ3n) is 5.24. The van der Waals surface area contributed by atoms with Crippen molar-refractivity contribution in [3.63, 3.8) is 0 Å². The minimum atomic E-state index is -3.74. The first-order valence-corrected chi connectivity index (χ1v) is 13.2. The summed E-state index contributed by atoms with van der Waals surface area (Å²) in [5.74, 6) is -0.751. The topological polar surface area (TPSA) is 86.8 Å². The van der Waals surface area contributed by atoms with Gasteiger partial charge in [-0.25, -0.2) is 8.42 Å². The second-order valence-corrected chi connectivity index (χ2v) is 10.1. The second kappa shape index (κ2) is 12.6. The van der Waals surface area contributed by atoms with Gasteiger partial charge < -0.3 is 10.2 Å². The van der Waals surface area contributed by atoms with E-state index in [2.05, 4.69) is 5.32 Å². The first-order chi connectivity index (χ1) is 15.7. The van der Waals surface area contributed by atoms with Gasteiger partial charge >= 0.3 is 0 Å². The molecule has 0 fully saturated rings. The van der Waals surface area contributed by atoms with Crippen molar-refractivity contribution in [1.82, 2.24) is 10.2 Å². The summed E-state index contributed by atoms with van der Waals surface area (Å²) < 4.78 is 26.1. The molecule has 0 heterocycles. The molecular formula is C24H32ClN3O4S. The molecule has 1 atom stereocenters. The number of unbranched alkanes of at least 4 members (excludes halogenated alkanes) is 1. The van der Waals surface area contributed by atoms with E-state index in [1.165, 1.54) is 4.90 Å². The van der Waals surface area contributed by atoms with Crippen molar-refractivity contribution in [1.29, 1.82) is 0 Å². The summed E-state index contributed by atoms with van der Waals surface area (Å²) in [5, 5.41) is 3.36. The van der Waals surface area contributed by atoms with E-state index in [4.69, 9.17) is 11.6 Å². The van der Waals surface area contributed by atoms with E-state index < -0.39 is 28.5 Å². The van der Waals surface area contributed by atoms with Crippen LogP contribution in [0.1, 0.15) is 38.7 Å². The van der Waals surface area contributed by atoms with Gasteiger partial charge in [-0.15, -0.1) is 0 Å². The van der Waals surface area contributed by atoms with E-state index in [0.717, 1.165) is 23.4 Å². The van der Waals surface area contributed by atoms with Gasteiger partial charge in [-0.2, -0.15) is 0 Å². The Morgan fingerprint density at radius 2 is 1.67 bits per heavy atom. The SMILES string of the molecule is CCCCNC(=O)C(CC)N(Cc1ccccc1Cl)C(=O)CN(c1ccccc1)S(C)(=O)=O. The third-order valence-corrected chi connectivity index (χ3v) is 6.75. The molecule has 0 aliphatic carbocycles. The van der Waals surface area contributed by atoms with Crippen LogP contribution in [0, 0.1) is 0 Å². The molecule has 1 N–H and O–H groups in total. The Hall–Kier alpha value is -2.58. The molecule has 0 saturated carbocycles. The lowest BCUT2D eigenvalue weighted by Crippen LogP contribution is -2.52. The fourth-order valence-corrected chi connectivity index (χ4v) is 4.49. The molecule has 2 amide bonds. The van der Waals surface area contributed by atoms with Crippen molar-refractivity contribution in [2.24, 2.45) is 0 Å². The van der Waals surface area contributed by atoms with Gasteiger partial charge in [0.2, 0.25) is 21.8 Å². The van der Waals surface area contributed by atoms with Gasteiger partial charge in [0.25, 0.3) is 0 Å². The normalized spacial score (nSPS) is 12.1. The molecule has 2 aromatic rings. The molecule has 0 aliphatic heterocycles. The highest BCUT2D eigenvalue weighted by atomic mass is 35.5. The van der Waals surface area contributed by atoms with Crippen LogP contribution in [0.25, 0.3) is 0 Å². The van der Waals surface area contributed by atoms with E-state index in [9.17, 15) is 18.0 Å². The molecule has 1 unspecified atom stereocenters. The Morgan fingerprint density at radius 3 is 2.24 bits per heavy atom. The minimum absolute atomic E-state index is 0.0879. The number of nitrogens with zero attached hydrogens (tertiary/aromatic N) is 2. The molecule has 2 aromatic carbocycles. The van der Waals surface area contributed by atoms with Crippen molar-refractivity contribution in [2.75, 3.05) is 23.7 Å². The van der Waals surface area contributed by atoms with Crippen LogP contribution in [0.5, 0.6) is 0 Å². The summed E-state index contributed by atoms with van der Waals surface area (Å²) in [4.78, 5) is 27.9. The number of hydrogen-bond acceptors (Lipinski definition) is 4. The standard InChI is InChI=1S/C24H32ClN3O4S/c1-4-6-16-26-24(30)22(5-2)27(17-19-12-10-11-15-21(19)25)23(29)18-28(33(3,31)32)20-13-8-7-9-14-20/h7-15,22H,4-6,16-18H2,1-3H3,(H,26,30). The zero-order valence-corrected chi connectivity index (χ0v) is 20.9. The molecular weight excluding hydrogens is 462 g/mol. The van der Waals surface area contributed by atoms with Gasteiger partial charge in [0.05, 0.1) is 11.9 Å². The number of amides is 2. The monoisotopic (exact) mass is 493 g/mol. The van der Waals surface area contributed by atoms with Gasteiger partial charge in [-0.1, -0.05) is 68.3 Å². The Bertz CT molecular complexity index is 1030. The molecule has 7 nitrogen and oxygen atoms in total. The molecule has 0 saturated heterocycles. The predicted octanol–water partition coefficient (Wildman–Crippen LogP) is 3.83. The van der Waals surface area contributed by atoms with Crippen LogP contribution >= 0.6 is 11.6 Å². The van der Waals surface area contributed by atoms with Crippen molar-refractivity contribution >= 4 is 39.1 Å². The summed E-state index contributed by atoms with van der Waals surface area (Å²) in [5.41, 5.74) is 1.06. The average Bonchev–Trinajstić information content (AvgIpc) is 2.78. The zero-order chi connectivity index (χ0) is 24.4. The molecule has 0 aromatic heterocycles. The third kappa shape index (κ3) is 7.75. The Kier molecular flexibility index (Phi) is 10.2. The molecule has 9 heteroatoms. The summed E-state index contributed by atoms with van der Waals surface area (Å²) in [6.45, 7) is 4.03. The number of sulfonamides is 1. The van der Waals surface area contributed by atoms with Crippen LogP contribution in [0.2, 0.25) is 5.02 Å². The largest absolute Gasteiger partial charge is 0.354 e. The molecule has 0 radical (unpaired) electrons. The zero-order valence-electron chi connectivity index (χ0n) is 19.3. The molecule has 0 bridgehead atoms. The number of nitrogens with one attached hydrogen (secondary N) is 1. The van der Waals surface area contributed by atoms with Gasteiger partial charge in [-0.3, -0.25) is 13.9 Å². The fraction of sp³-hybridized carbons (Fsp3) is 0.417. The smallest absolute Gasteiger partial charge is 0.244 e. The number of hydrogen-bond donors (Lipinski definition) is 1. The van der Waals surface area contributed by atoms with Crippen LogP contribution in [-0.4, -0.2) is 50.5 Å². The number of rotatable bonds is 12. The van der Waals surface area contributed by atoms with Crippen LogP contribution < -0.4 is 9.62 Å². The highest BCUT2D eigenvalue weighted by molar-refractivity contribution is 7.92. The van der Waals surface area contributed by atoms with Crippen LogP contribution in [0.3, 0.4) is 0 Å². The maximum Gasteiger partial charge on any atom is 0.244 e. The summed E-state index contributed by atoms with van der Waals surface area (Å²) in [6, 6.07) is 14.8. The van der Waals surface area contributed by atoms with Gasteiger partial charge in [0.15, 0.2) is 0 Å². The Labute approximate surface area is 201 Å². The minimum Gasteiger partial charge on any atom is -0.354 e. The Morgan fingerprint density at radius 1 is 1.03 bits per heavy atom. The maximum absolute atomic E-state index is 13.5. The maximum atomic E-state index is 13.5. The summed E-state index contributed by atoms with van der Waals surface area (Å²) in [7, 11) is -3.74. The second-order valence-electron chi connectivity index (χ2n) is 7.79. The quantitative estimate of drug-likeness (QED) is 0.455. The lowest BCUT2D eigenvalue weighted by Gasteiger charge is -2.33. The van der Waals surface area contributed by atoms with Crippen LogP contribution in [-0.2, 0) is 26.2 Å². The summed E-state index contributed by atoms with van der Waals surface area (Å²) in [6.07, 6.45) is 3.19. The number of halogens is 1. The van der Waals surface area contributed by atoms with Crippen molar-refractivity contribution in [3.05, 3.63) is 65.2 Å². The van der Waals surface area contributed by atoms with Crippen LogP contribution in [0.15, 0.2) is 54.6 Å². The van der Waals surface area contributed by atoms with Gasteiger partial charge in [0, 0.05) is 18.1 Å². The Balaban J connectivity index is 2.38. The highest BCUT2D eigenvalue weighted by Crippen LogP contribution is 2.22. The number of para-hydroxylation sites is 1. The fourth-order valence-electron chi connectivity index (χ4n) is 3.44. The number of carbonyl (C=O) groups is 2. The molecule has 0 spiro atoms. The van der Waals surface area contributed by atoms with E-state index in [0.29, 0.717) is 29.2 Å². The first kappa shape index (κ1) is 26.7. The van der Waals surface area contributed by atoms with Crippen molar-refractivity contribution in [2.45, 2.75) is 45.7 Å². The number of anilines is 1. The first-order valence-electron chi connectivity index (χ1n) is 11.0. The molecule has 2 rings (SSSR count). The predicted molar refractivity (Wildman–Crippen MR) is 133 cm³/mol. The average molecular weight is 494 g/mol. The van der Waals surface area contributed by atoms with Crippen molar-refractivity contribution < 1.29 is 18.0 Å². The lowest BCUT2D eigenvalue weighted by molar-refractivity contribution is -0.140. The number of benzene rings is 2. The van der Waals surface area contributed by atoms with E-state index in [1.807, 2.05) is 13.8 Å². The van der Waals surface area contributed by atoms with Gasteiger partial charge in [-0.05, 0) is 36.6 Å². The van der Waals surface area contributed by atoms with Gasteiger partial charge in [0.1, 0.15) is 12.6 Å². The molecule has 33 heavy (non-hydrogen) atoms. The van der Waals surface area contributed by atoms with E-state index in [1.54, 1.807) is 54.6 Å². The summed E-state index contributed by atoms with van der Waals surface area (Å²) >= 11 is 6.33.